The molecule has 1 aromatic carbocycles. The van der Waals surface area contributed by atoms with E-state index in [1.165, 1.54) is 6.07 Å². The van der Waals surface area contributed by atoms with Crippen molar-refractivity contribution in [3.05, 3.63) is 33.9 Å². The van der Waals surface area contributed by atoms with Crippen molar-refractivity contribution in [2.75, 3.05) is 18.4 Å². The fraction of sp³-hybridized carbons (Fsp3) is 0.538. The third-order valence-electron chi connectivity index (χ3n) is 3.46. The number of anilines is 1. The van der Waals surface area contributed by atoms with Gasteiger partial charge in [-0.25, -0.2) is 0 Å². The zero-order valence-electron chi connectivity index (χ0n) is 11.2. The number of rotatable bonds is 4. The van der Waals surface area contributed by atoms with Crippen molar-refractivity contribution in [2.24, 2.45) is 0 Å². The van der Waals surface area contributed by atoms with Crippen molar-refractivity contribution >= 4 is 11.4 Å². The topological polar surface area (TPSA) is 67.2 Å². The second-order valence-electron chi connectivity index (χ2n) is 5.01. The molecule has 1 atom stereocenters. The summed E-state index contributed by atoms with van der Waals surface area (Å²) in [5.74, 6) is 0. The van der Waals surface area contributed by atoms with Gasteiger partial charge in [-0.15, -0.1) is 0 Å². The summed E-state index contributed by atoms with van der Waals surface area (Å²) in [6.45, 7) is 1.40. The molecule has 0 amide bonds. The molecule has 5 nitrogen and oxygen atoms in total. The van der Waals surface area contributed by atoms with Crippen molar-refractivity contribution in [1.82, 2.24) is 5.32 Å². The number of nitro groups is 1. The molecule has 1 heterocycles. The summed E-state index contributed by atoms with van der Waals surface area (Å²) in [6, 6.07) is 3.19. The Balaban J connectivity index is 2.11. The van der Waals surface area contributed by atoms with E-state index >= 15 is 0 Å². The zero-order chi connectivity index (χ0) is 15.5. The highest BCUT2D eigenvalue weighted by Gasteiger charge is 2.38. The molecule has 116 valence electrons. The Kier molecular flexibility index (Phi) is 4.66. The molecule has 1 aromatic rings. The summed E-state index contributed by atoms with van der Waals surface area (Å²) < 4.78 is 38.5. The molecule has 1 aliphatic heterocycles. The van der Waals surface area contributed by atoms with Crippen LogP contribution in [0, 0.1) is 10.1 Å². The van der Waals surface area contributed by atoms with E-state index in [0.717, 1.165) is 37.9 Å². The maximum Gasteiger partial charge on any atom is 0.423 e. The van der Waals surface area contributed by atoms with Crippen molar-refractivity contribution < 1.29 is 18.1 Å². The van der Waals surface area contributed by atoms with Crippen molar-refractivity contribution in [1.29, 1.82) is 0 Å². The van der Waals surface area contributed by atoms with Crippen LogP contribution in [0.15, 0.2) is 18.2 Å². The van der Waals surface area contributed by atoms with Crippen LogP contribution >= 0.6 is 0 Å². The fourth-order valence-electron chi connectivity index (χ4n) is 2.37. The summed E-state index contributed by atoms with van der Waals surface area (Å²) in [4.78, 5) is 9.64. The van der Waals surface area contributed by atoms with Crippen LogP contribution in [0.25, 0.3) is 0 Å². The van der Waals surface area contributed by atoms with Crippen LogP contribution in [-0.2, 0) is 6.18 Å². The molecule has 1 aliphatic rings. The summed E-state index contributed by atoms with van der Waals surface area (Å²) in [6.07, 6.45) is -1.59. The first-order chi connectivity index (χ1) is 9.88. The van der Waals surface area contributed by atoms with Gasteiger partial charge in [0, 0.05) is 24.3 Å². The van der Waals surface area contributed by atoms with Crippen LogP contribution < -0.4 is 10.6 Å². The number of nitrogens with zero attached hydrogens (tertiary/aromatic N) is 1. The van der Waals surface area contributed by atoms with Gasteiger partial charge in [-0.1, -0.05) is 6.42 Å². The molecular formula is C13H16F3N3O2. The normalized spacial score (nSPS) is 19.3. The third kappa shape index (κ3) is 4.07. The summed E-state index contributed by atoms with van der Waals surface area (Å²) >= 11 is 0. The van der Waals surface area contributed by atoms with Gasteiger partial charge in [-0.05, 0) is 31.5 Å². The largest absolute Gasteiger partial charge is 0.423 e. The second-order valence-corrected chi connectivity index (χ2v) is 5.01. The summed E-state index contributed by atoms with van der Waals surface area (Å²) in [5, 5.41) is 16.8. The van der Waals surface area contributed by atoms with Crippen LogP contribution in [0.1, 0.15) is 24.8 Å². The van der Waals surface area contributed by atoms with E-state index in [1.54, 1.807) is 0 Å². The number of benzene rings is 1. The Morgan fingerprint density at radius 3 is 2.71 bits per heavy atom. The number of nitro benzene ring substituents is 1. The van der Waals surface area contributed by atoms with E-state index in [1.807, 2.05) is 0 Å². The Hall–Kier alpha value is -1.83. The Morgan fingerprint density at radius 1 is 1.38 bits per heavy atom. The van der Waals surface area contributed by atoms with Gasteiger partial charge in [0.2, 0.25) is 0 Å². The van der Waals surface area contributed by atoms with Crippen molar-refractivity contribution in [3.63, 3.8) is 0 Å². The molecule has 2 rings (SSSR count). The van der Waals surface area contributed by atoms with Gasteiger partial charge in [-0.3, -0.25) is 10.1 Å². The number of hydrogen-bond donors (Lipinski definition) is 2. The lowest BCUT2D eigenvalue weighted by Crippen LogP contribution is -2.39. The second kappa shape index (κ2) is 6.30. The molecule has 1 fully saturated rings. The molecule has 0 spiro atoms. The molecule has 0 aliphatic carbocycles. The first-order valence-corrected chi connectivity index (χ1v) is 6.71. The van der Waals surface area contributed by atoms with E-state index in [2.05, 4.69) is 10.6 Å². The molecule has 8 heteroatoms. The molecule has 0 radical (unpaired) electrons. The summed E-state index contributed by atoms with van der Waals surface area (Å²) in [7, 11) is 0. The Labute approximate surface area is 119 Å². The van der Waals surface area contributed by atoms with E-state index in [4.69, 9.17) is 0 Å². The number of nitrogens with one attached hydrogen (secondary N) is 2. The van der Waals surface area contributed by atoms with E-state index in [0.29, 0.717) is 6.54 Å². The maximum absolute atomic E-state index is 12.8. The van der Waals surface area contributed by atoms with Gasteiger partial charge in [0.25, 0.3) is 5.69 Å². The standard InChI is InChI=1S/C13H16F3N3O2/c14-13(15,16)11-7-9(4-5-12(11)19(20)21)18-8-10-3-1-2-6-17-10/h4-5,7,10,17-18H,1-3,6,8H2. The molecule has 1 unspecified atom stereocenters. The predicted molar refractivity (Wildman–Crippen MR) is 72.2 cm³/mol. The van der Waals surface area contributed by atoms with Crippen LogP contribution in [0.2, 0.25) is 0 Å². The number of halogens is 3. The van der Waals surface area contributed by atoms with Gasteiger partial charge >= 0.3 is 6.18 Å². The predicted octanol–water partition coefficient (Wildman–Crippen LogP) is 3.17. The molecule has 2 N–H and O–H groups in total. The fourth-order valence-corrected chi connectivity index (χ4v) is 2.37. The summed E-state index contributed by atoms with van der Waals surface area (Å²) in [5.41, 5.74) is -1.92. The van der Waals surface area contributed by atoms with Gasteiger partial charge < -0.3 is 10.6 Å². The molecule has 21 heavy (non-hydrogen) atoms. The van der Waals surface area contributed by atoms with Crippen LogP contribution in [0.4, 0.5) is 24.5 Å². The highest BCUT2D eigenvalue weighted by atomic mass is 19.4. The SMILES string of the molecule is O=[N+]([O-])c1ccc(NCC2CCCCN2)cc1C(F)(F)F. The van der Waals surface area contributed by atoms with Crippen LogP contribution in [0.5, 0.6) is 0 Å². The maximum atomic E-state index is 12.8. The van der Waals surface area contributed by atoms with Gasteiger partial charge in [0.05, 0.1) is 4.92 Å². The smallest absolute Gasteiger partial charge is 0.383 e. The average molecular weight is 303 g/mol. The molecule has 0 bridgehead atoms. The molecular weight excluding hydrogens is 287 g/mol. The van der Waals surface area contributed by atoms with Gasteiger partial charge in [0.15, 0.2) is 0 Å². The number of alkyl halides is 3. The molecule has 0 aromatic heterocycles. The van der Waals surface area contributed by atoms with Crippen LogP contribution in [-0.4, -0.2) is 24.1 Å². The minimum atomic E-state index is -4.75. The minimum Gasteiger partial charge on any atom is -0.383 e. The Morgan fingerprint density at radius 2 is 2.14 bits per heavy atom. The Bertz CT molecular complexity index is 514. The zero-order valence-corrected chi connectivity index (χ0v) is 11.2. The monoisotopic (exact) mass is 303 g/mol. The van der Waals surface area contributed by atoms with Gasteiger partial charge in [-0.2, -0.15) is 13.2 Å². The van der Waals surface area contributed by atoms with E-state index in [9.17, 15) is 23.3 Å². The molecule has 1 saturated heterocycles. The lowest BCUT2D eigenvalue weighted by atomic mass is 10.0. The van der Waals surface area contributed by atoms with E-state index < -0.39 is 22.4 Å². The molecule has 0 saturated carbocycles. The average Bonchev–Trinajstić information content (AvgIpc) is 2.45. The quantitative estimate of drug-likeness (QED) is 0.662. The van der Waals surface area contributed by atoms with Gasteiger partial charge in [0.1, 0.15) is 5.56 Å². The van der Waals surface area contributed by atoms with Crippen molar-refractivity contribution in [3.8, 4) is 0 Å². The lowest BCUT2D eigenvalue weighted by Gasteiger charge is -2.24. The van der Waals surface area contributed by atoms with Crippen molar-refractivity contribution in [2.45, 2.75) is 31.5 Å². The lowest BCUT2D eigenvalue weighted by molar-refractivity contribution is -0.388. The highest BCUT2D eigenvalue weighted by molar-refractivity contribution is 5.55. The third-order valence-corrected chi connectivity index (χ3v) is 3.46. The first kappa shape index (κ1) is 15.6. The van der Waals surface area contributed by atoms with Crippen LogP contribution in [0.3, 0.4) is 0 Å². The number of hydrogen-bond acceptors (Lipinski definition) is 4. The first-order valence-electron chi connectivity index (χ1n) is 6.71. The van der Waals surface area contributed by atoms with E-state index in [-0.39, 0.29) is 11.7 Å². The highest BCUT2D eigenvalue weighted by Crippen LogP contribution is 2.37. The minimum absolute atomic E-state index is 0.211. The number of piperidine rings is 1.